The van der Waals surface area contributed by atoms with Crippen molar-refractivity contribution in [2.75, 3.05) is 34.4 Å². The number of guanidine groups is 1. The summed E-state index contributed by atoms with van der Waals surface area (Å²) in [7, 11) is 5.52. The van der Waals surface area contributed by atoms with Crippen LogP contribution in [0.25, 0.3) is 0 Å². The lowest BCUT2D eigenvalue weighted by Crippen LogP contribution is -2.36. The molecule has 0 heterocycles. The first-order valence-corrected chi connectivity index (χ1v) is 8.54. The summed E-state index contributed by atoms with van der Waals surface area (Å²) in [4.78, 5) is 6.63. The van der Waals surface area contributed by atoms with Crippen molar-refractivity contribution < 1.29 is 14.6 Å². The number of nitrogens with zero attached hydrogens (tertiary/aromatic N) is 2. The molecule has 0 aliphatic carbocycles. The summed E-state index contributed by atoms with van der Waals surface area (Å²) < 4.78 is 10.8. The SMILES string of the molecule is COc1cc(CN=C(NCc2ccccc2)N(C)C)ccc1OCCO.I. The van der Waals surface area contributed by atoms with Gasteiger partial charge in [0.15, 0.2) is 17.5 Å². The lowest BCUT2D eigenvalue weighted by molar-refractivity contribution is 0.196. The molecule has 0 aromatic heterocycles. The average molecular weight is 485 g/mol. The molecule has 0 aliphatic heterocycles. The smallest absolute Gasteiger partial charge is 0.194 e. The summed E-state index contributed by atoms with van der Waals surface area (Å²) in [6, 6.07) is 15.9. The summed E-state index contributed by atoms with van der Waals surface area (Å²) in [5.74, 6) is 2.06. The minimum absolute atomic E-state index is 0. The van der Waals surface area contributed by atoms with Crippen LogP contribution in [0.1, 0.15) is 11.1 Å². The van der Waals surface area contributed by atoms with Crippen LogP contribution in [0.5, 0.6) is 11.5 Å². The fraction of sp³-hybridized carbons (Fsp3) is 0.350. The fourth-order valence-electron chi connectivity index (χ4n) is 2.38. The Hall–Kier alpha value is -2.00. The summed E-state index contributed by atoms with van der Waals surface area (Å²) in [5, 5.41) is 12.2. The molecule has 0 saturated carbocycles. The first kappa shape index (κ1) is 23.0. The Morgan fingerprint density at radius 1 is 1.07 bits per heavy atom. The maximum Gasteiger partial charge on any atom is 0.194 e. The third-order valence-electron chi connectivity index (χ3n) is 3.71. The van der Waals surface area contributed by atoms with Crippen molar-refractivity contribution in [3.63, 3.8) is 0 Å². The van der Waals surface area contributed by atoms with E-state index in [1.807, 2.05) is 55.4 Å². The maximum absolute atomic E-state index is 8.88. The molecule has 2 aromatic carbocycles. The molecule has 7 heteroatoms. The Balaban J connectivity index is 0.00000364. The van der Waals surface area contributed by atoms with Gasteiger partial charge in [-0.2, -0.15) is 0 Å². The Labute approximate surface area is 178 Å². The van der Waals surface area contributed by atoms with Crippen LogP contribution >= 0.6 is 24.0 Å². The third kappa shape index (κ3) is 7.64. The minimum atomic E-state index is -0.0333. The number of nitrogens with one attached hydrogen (secondary N) is 1. The van der Waals surface area contributed by atoms with Crippen molar-refractivity contribution >= 4 is 29.9 Å². The van der Waals surface area contributed by atoms with E-state index in [1.54, 1.807) is 7.11 Å². The predicted octanol–water partition coefficient (Wildman–Crippen LogP) is 2.89. The number of benzene rings is 2. The van der Waals surface area contributed by atoms with Gasteiger partial charge in [-0.3, -0.25) is 0 Å². The largest absolute Gasteiger partial charge is 0.493 e. The van der Waals surface area contributed by atoms with Crippen LogP contribution in [-0.2, 0) is 13.1 Å². The summed E-state index contributed by atoms with van der Waals surface area (Å²) >= 11 is 0. The van der Waals surface area contributed by atoms with Crippen LogP contribution in [0.15, 0.2) is 53.5 Å². The molecule has 2 N–H and O–H groups in total. The number of aliphatic hydroxyl groups excluding tert-OH is 1. The minimum Gasteiger partial charge on any atom is -0.493 e. The third-order valence-corrected chi connectivity index (χ3v) is 3.71. The number of aliphatic imine (C=N–C) groups is 1. The molecule has 0 amide bonds. The molecule has 0 aliphatic rings. The van der Waals surface area contributed by atoms with Gasteiger partial charge in [0.1, 0.15) is 6.61 Å². The van der Waals surface area contributed by atoms with Crippen LogP contribution < -0.4 is 14.8 Å². The summed E-state index contributed by atoms with van der Waals surface area (Å²) in [5.41, 5.74) is 2.22. The van der Waals surface area contributed by atoms with Gasteiger partial charge in [0.05, 0.1) is 20.3 Å². The van der Waals surface area contributed by atoms with Crippen molar-refractivity contribution in [1.29, 1.82) is 0 Å². The highest BCUT2D eigenvalue weighted by Gasteiger charge is 2.07. The van der Waals surface area contributed by atoms with Crippen molar-refractivity contribution in [2.24, 2.45) is 4.99 Å². The van der Waals surface area contributed by atoms with Gasteiger partial charge in [-0.25, -0.2) is 4.99 Å². The van der Waals surface area contributed by atoms with E-state index in [0.717, 1.165) is 18.1 Å². The van der Waals surface area contributed by atoms with E-state index >= 15 is 0 Å². The average Bonchev–Trinajstić information content (AvgIpc) is 2.67. The standard InChI is InChI=1S/C20H27N3O3.HI/c1-23(2)20(21-14-16-7-5-4-6-8-16)22-15-17-9-10-18(26-12-11-24)19(13-17)25-3;/h4-10,13,24H,11-12,14-15H2,1-3H3,(H,21,22);1H. The Morgan fingerprint density at radius 2 is 1.81 bits per heavy atom. The lowest BCUT2D eigenvalue weighted by Gasteiger charge is -2.18. The van der Waals surface area contributed by atoms with Crippen LogP contribution in [-0.4, -0.2) is 50.4 Å². The second kappa shape index (κ2) is 12.4. The highest BCUT2D eigenvalue weighted by molar-refractivity contribution is 14.0. The van der Waals surface area contributed by atoms with Gasteiger partial charge in [0.25, 0.3) is 0 Å². The van der Waals surface area contributed by atoms with E-state index in [0.29, 0.717) is 18.0 Å². The zero-order valence-electron chi connectivity index (χ0n) is 16.0. The molecule has 2 aromatic rings. The van der Waals surface area contributed by atoms with Crippen molar-refractivity contribution in [1.82, 2.24) is 10.2 Å². The summed E-state index contributed by atoms with van der Waals surface area (Å²) in [6.45, 7) is 1.44. The van der Waals surface area contributed by atoms with Crippen LogP contribution in [0, 0.1) is 0 Å². The molecule has 0 fully saturated rings. The number of methoxy groups -OCH3 is 1. The van der Waals surface area contributed by atoms with E-state index in [1.165, 1.54) is 5.56 Å². The monoisotopic (exact) mass is 485 g/mol. The van der Waals surface area contributed by atoms with Gasteiger partial charge < -0.3 is 24.8 Å². The normalized spacial score (nSPS) is 10.7. The summed E-state index contributed by atoms with van der Waals surface area (Å²) in [6.07, 6.45) is 0. The molecule has 6 nitrogen and oxygen atoms in total. The first-order valence-electron chi connectivity index (χ1n) is 8.54. The molecular formula is C20H28IN3O3. The van der Waals surface area contributed by atoms with Crippen LogP contribution in [0.3, 0.4) is 0 Å². The number of hydrogen-bond donors (Lipinski definition) is 2. The maximum atomic E-state index is 8.88. The quantitative estimate of drug-likeness (QED) is 0.342. The Morgan fingerprint density at radius 3 is 2.44 bits per heavy atom. The molecule has 0 saturated heterocycles. The highest BCUT2D eigenvalue weighted by Crippen LogP contribution is 2.28. The number of ether oxygens (including phenoxy) is 2. The highest BCUT2D eigenvalue weighted by atomic mass is 127. The molecule has 0 bridgehead atoms. The van der Waals surface area contributed by atoms with E-state index in [-0.39, 0.29) is 37.2 Å². The van der Waals surface area contributed by atoms with Gasteiger partial charge in [-0.15, -0.1) is 24.0 Å². The molecular weight excluding hydrogens is 457 g/mol. The number of rotatable bonds is 8. The first-order chi connectivity index (χ1) is 12.6. The second-order valence-corrected chi connectivity index (χ2v) is 5.93. The van der Waals surface area contributed by atoms with Gasteiger partial charge in [-0.1, -0.05) is 36.4 Å². The number of hydrogen-bond acceptors (Lipinski definition) is 4. The molecule has 27 heavy (non-hydrogen) atoms. The zero-order chi connectivity index (χ0) is 18.8. The van der Waals surface area contributed by atoms with Crippen molar-refractivity contribution in [3.8, 4) is 11.5 Å². The van der Waals surface area contributed by atoms with Crippen molar-refractivity contribution in [3.05, 3.63) is 59.7 Å². The van der Waals surface area contributed by atoms with Crippen LogP contribution in [0.2, 0.25) is 0 Å². The van der Waals surface area contributed by atoms with Crippen LogP contribution in [0.4, 0.5) is 0 Å². The Bertz CT molecular complexity index is 709. The fourth-order valence-corrected chi connectivity index (χ4v) is 2.38. The molecule has 0 spiro atoms. The topological polar surface area (TPSA) is 66.3 Å². The molecule has 148 valence electrons. The predicted molar refractivity (Wildman–Crippen MR) is 119 cm³/mol. The molecule has 0 unspecified atom stereocenters. The van der Waals surface area contributed by atoms with Gasteiger partial charge in [-0.05, 0) is 23.3 Å². The van der Waals surface area contributed by atoms with Gasteiger partial charge in [0.2, 0.25) is 0 Å². The van der Waals surface area contributed by atoms with Gasteiger partial charge in [0, 0.05) is 20.6 Å². The number of halogens is 1. The van der Waals surface area contributed by atoms with Crippen molar-refractivity contribution in [2.45, 2.75) is 13.1 Å². The molecule has 0 atom stereocenters. The number of aliphatic hydroxyl groups is 1. The van der Waals surface area contributed by atoms with E-state index in [4.69, 9.17) is 14.6 Å². The van der Waals surface area contributed by atoms with E-state index < -0.39 is 0 Å². The van der Waals surface area contributed by atoms with E-state index in [2.05, 4.69) is 22.4 Å². The molecule has 2 rings (SSSR count). The lowest BCUT2D eigenvalue weighted by atomic mass is 10.2. The molecule has 0 radical (unpaired) electrons. The van der Waals surface area contributed by atoms with E-state index in [9.17, 15) is 0 Å². The van der Waals surface area contributed by atoms with Gasteiger partial charge >= 0.3 is 0 Å². The Kier molecular flexibility index (Phi) is 10.6. The second-order valence-electron chi connectivity index (χ2n) is 5.93. The zero-order valence-corrected chi connectivity index (χ0v) is 18.3.